The van der Waals surface area contributed by atoms with Gasteiger partial charge in [0.25, 0.3) is 0 Å². The molecule has 6 nitrogen and oxygen atoms in total. The highest BCUT2D eigenvalue weighted by molar-refractivity contribution is 7.90. The van der Waals surface area contributed by atoms with Crippen LogP contribution in [0.4, 0.5) is 5.82 Å². The van der Waals surface area contributed by atoms with E-state index in [1.807, 2.05) is 18.2 Å². The number of fused-ring (bicyclic) bond motifs is 1. The first-order valence-electron chi connectivity index (χ1n) is 7.90. The average molecular weight is 323 g/mol. The molecule has 0 aromatic carbocycles. The van der Waals surface area contributed by atoms with Crippen molar-refractivity contribution in [2.75, 3.05) is 31.6 Å². The van der Waals surface area contributed by atoms with Crippen molar-refractivity contribution < 1.29 is 13.2 Å². The fraction of sp³-hybridized carbons (Fsp3) is 0.667. The van der Waals surface area contributed by atoms with E-state index in [9.17, 15) is 8.42 Å². The van der Waals surface area contributed by atoms with Gasteiger partial charge < -0.3 is 10.1 Å². The number of pyridine rings is 1. The van der Waals surface area contributed by atoms with Crippen molar-refractivity contribution in [1.29, 1.82) is 0 Å². The second kappa shape index (κ2) is 5.47. The average Bonchev–Trinajstić information content (AvgIpc) is 3.19. The van der Waals surface area contributed by atoms with E-state index < -0.39 is 10.0 Å². The molecule has 3 atom stereocenters. The molecule has 3 aliphatic rings. The third kappa shape index (κ3) is 2.61. The van der Waals surface area contributed by atoms with Crippen molar-refractivity contribution in [3.8, 4) is 0 Å². The highest BCUT2D eigenvalue weighted by Gasteiger charge is 2.50. The molecule has 4 rings (SSSR count). The molecule has 1 saturated carbocycles. The van der Waals surface area contributed by atoms with Crippen molar-refractivity contribution in [3.05, 3.63) is 24.4 Å². The minimum Gasteiger partial charge on any atom is -0.376 e. The van der Waals surface area contributed by atoms with Crippen LogP contribution < -0.4 is 5.32 Å². The third-order valence-corrected chi connectivity index (χ3v) is 7.25. The van der Waals surface area contributed by atoms with E-state index in [-0.39, 0.29) is 11.4 Å². The Hall–Kier alpha value is -1.18. The summed E-state index contributed by atoms with van der Waals surface area (Å²) in [6, 6.07) is 5.77. The second-order valence-corrected chi connectivity index (χ2v) is 8.67. The van der Waals surface area contributed by atoms with Crippen LogP contribution in [0.5, 0.6) is 0 Å². The number of ether oxygens (including phenoxy) is 1. The van der Waals surface area contributed by atoms with E-state index in [2.05, 4.69) is 10.3 Å². The Morgan fingerprint density at radius 2 is 2.18 bits per heavy atom. The fourth-order valence-electron chi connectivity index (χ4n) is 3.46. The molecule has 0 bridgehead atoms. The predicted octanol–water partition coefficient (Wildman–Crippen LogP) is 0.932. The first-order chi connectivity index (χ1) is 10.6. The Balaban J connectivity index is 1.38. The molecule has 0 amide bonds. The molecule has 3 heterocycles. The second-order valence-electron chi connectivity index (χ2n) is 6.45. The van der Waals surface area contributed by atoms with Crippen molar-refractivity contribution in [3.63, 3.8) is 0 Å². The zero-order chi connectivity index (χ0) is 15.2. The van der Waals surface area contributed by atoms with Gasteiger partial charge >= 0.3 is 0 Å². The fourth-order valence-corrected chi connectivity index (χ4v) is 5.35. The van der Waals surface area contributed by atoms with Crippen LogP contribution in [0.1, 0.15) is 12.8 Å². The molecule has 1 N–H and O–H groups in total. The third-order valence-electron chi connectivity index (χ3n) is 4.92. The lowest BCUT2D eigenvalue weighted by molar-refractivity contribution is 0.104. The molecule has 3 fully saturated rings. The molecule has 0 spiro atoms. The molecule has 2 saturated heterocycles. The van der Waals surface area contributed by atoms with Crippen molar-refractivity contribution >= 4 is 15.8 Å². The maximum absolute atomic E-state index is 12.4. The normalized spacial score (nSPS) is 32.1. The molecule has 1 aliphatic carbocycles. The van der Waals surface area contributed by atoms with Crippen LogP contribution in [-0.4, -0.2) is 55.3 Å². The van der Waals surface area contributed by atoms with E-state index in [1.54, 1.807) is 10.5 Å². The van der Waals surface area contributed by atoms with Gasteiger partial charge in [-0.15, -0.1) is 0 Å². The first-order valence-corrected chi connectivity index (χ1v) is 9.40. The molecule has 0 radical (unpaired) electrons. The maximum atomic E-state index is 12.4. The number of rotatable bonds is 5. The zero-order valence-corrected chi connectivity index (χ0v) is 13.2. The number of nitrogens with zero attached hydrogens (tertiary/aromatic N) is 2. The lowest BCUT2D eigenvalue weighted by Crippen LogP contribution is -2.34. The topological polar surface area (TPSA) is 71.5 Å². The molecule has 1 aromatic rings. The smallest absolute Gasteiger partial charge is 0.217 e. The predicted molar refractivity (Wildman–Crippen MR) is 83.0 cm³/mol. The van der Waals surface area contributed by atoms with E-state index in [0.717, 1.165) is 25.2 Å². The molecule has 7 heteroatoms. The van der Waals surface area contributed by atoms with Crippen LogP contribution in [0.15, 0.2) is 24.4 Å². The summed E-state index contributed by atoms with van der Waals surface area (Å²) in [5, 5.41) is 3.20. The maximum Gasteiger partial charge on any atom is 0.217 e. The van der Waals surface area contributed by atoms with Crippen LogP contribution in [0.25, 0.3) is 0 Å². The van der Waals surface area contributed by atoms with E-state index in [0.29, 0.717) is 31.5 Å². The Kier molecular flexibility index (Phi) is 3.58. The van der Waals surface area contributed by atoms with E-state index >= 15 is 0 Å². The molecular formula is C15H21N3O3S. The standard InChI is InChI=1S/C15H21N3O3S/c19-22(20,12-4-5-12)18-8-13-11(10-21-14(13)9-18)7-17-15-3-1-2-6-16-15/h1-3,6,11-14H,4-5,7-10H2,(H,16,17)/t11-,13+,14+/m0/s1. The van der Waals surface area contributed by atoms with Crippen LogP contribution >= 0.6 is 0 Å². The van der Waals surface area contributed by atoms with Crippen molar-refractivity contribution in [2.45, 2.75) is 24.2 Å². The van der Waals surface area contributed by atoms with E-state index in [4.69, 9.17) is 4.74 Å². The van der Waals surface area contributed by atoms with Gasteiger partial charge in [0.05, 0.1) is 18.0 Å². The molecule has 0 unspecified atom stereocenters. The molecular weight excluding hydrogens is 302 g/mol. The molecule has 2 aliphatic heterocycles. The lowest BCUT2D eigenvalue weighted by atomic mass is 9.93. The van der Waals surface area contributed by atoms with Gasteiger partial charge in [-0.1, -0.05) is 6.07 Å². The summed E-state index contributed by atoms with van der Waals surface area (Å²) in [5.41, 5.74) is 0. The highest BCUT2D eigenvalue weighted by atomic mass is 32.2. The highest BCUT2D eigenvalue weighted by Crippen LogP contribution is 2.39. The SMILES string of the molecule is O=S(=O)(C1CC1)N1C[C@@H]2[C@@H](CNc3ccccn3)CO[C@@H]2C1. The van der Waals surface area contributed by atoms with Gasteiger partial charge in [0, 0.05) is 37.7 Å². The summed E-state index contributed by atoms with van der Waals surface area (Å²) in [5.74, 6) is 1.49. The minimum atomic E-state index is -3.08. The molecule has 22 heavy (non-hydrogen) atoms. The summed E-state index contributed by atoms with van der Waals surface area (Å²) in [4.78, 5) is 4.25. The number of anilines is 1. The Labute approximate surface area is 130 Å². The number of hydrogen-bond donors (Lipinski definition) is 1. The van der Waals surface area contributed by atoms with Crippen LogP contribution in [0.3, 0.4) is 0 Å². The Morgan fingerprint density at radius 3 is 2.91 bits per heavy atom. The van der Waals surface area contributed by atoms with Crippen molar-refractivity contribution in [2.24, 2.45) is 11.8 Å². The number of hydrogen-bond acceptors (Lipinski definition) is 5. The zero-order valence-electron chi connectivity index (χ0n) is 12.4. The van der Waals surface area contributed by atoms with Gasteiger partial charge in [0.1, 0.15) is 5.82 Å². The summed E-state index contributed by atoms with van der Waals surface area (Å²) in [7, 11) is -3.08. The lowest BCUT2D eigenvalue weighted by Gasteiger charge is -2.20. The number of nitrogens with one attached hydrogen (secondary N) is 1. The quantitative estimate of drug-likeness (QED) is 0.873. The van der Waals surface area contributed by atoms with Crippen LogP contribution in [-0.2, 0) is 14.8 Å². The molecule has 1 aromatic heterocycles. The summed E-state index contributed by atoms with van der Waals surface area (Å²) < 4.78 is 32.2. The first kappa shape index (κ1) is 14.4. The van der Waals surface area contributed by atoms with E-state index in [1.165, 1.54) is 0 Å². The monoisotopic (exact) mass is 323 g/mol. The summed E-state index contributed by atoms with van der Waals surface area (Å²) >= 11 is 0. The van der Waals surface area contributed by atoms with Crippen LogP contribution in [0.2, 0.25) is 0 Å². The van der Waals surface area contributed by atoms with Gasteiger partial charge in [-0.25, -0.2) is 13.4 Å². The van der Waals surface area contributed by atoms with Gasteiger partial charge in [0.15, 0.2) is 0 Å². The van der Waals surface area contributed by atoms with Gasteiger partial charge in [-0.05, 0) is 25.0 Å². The Bertz CT molecular complexity index is 633. The minimum absolute atomic E-state index is 0.0593. The van der Waals surface area contributed by atoms with Crippen molar-refractivity contribution in [1.82, 2.24) is 9.29 Å². The summed E-state index contributed by atoms with van der Waals surface area (Å²) in [6.07, 6.45) is 3.46. The van der Waals surface area contributed by atoms with Gasteiger partial charge in [0.2, 0.25) is 10.0 Å². The Morgan fingerprint density at radius 1 is 1.32 bits per heavy atom. The largest absolute Gasteiger partial charge is 0.376 e. The number of aromatic nitrogens is 1. The van der Waals surface area contributed by atoms with Gasteiger partial charge in [-0.2, -0.15) is 4.31 Å². The number of sulfonamides is 1. The molecule has 120 valence electrons. The van der Waals surface area contributed by atoms with Gasteiger partial charge in [-0.3, -0.25) is 0 Å². The van der Waals surface area contributed by atoms with Crippen LogP contribution in [0, 0.1) is 11.8 Å². The summed E-state index contributed by atoms with van der Waals surface area (Å²) in [6.45, 7) is 2.61.